The summed E-state index contributed by atoms with van der Waals surface area (Å²) in [6.07, 6.45) is 55.9. The van der Waals surface area contributed by atoms with E-state index in [0.29, 0.717) is 25.7 Å². The lowest BCUT2D eigenvalue weighted by molar-refractivity contribution is -0.161. The zero-order valence-corrected chi connectivity index (χ0v) is 62.2. The average Bonchev–Trinajstić information content (AvgIpc) is 2.83. The van der Waals surface area contributed by atoms with E-state index in [2.05, 4.69) is 34.6 Å². The molecule has 552 valence electrons. The van der Waals surface area contributed by atoms with Crippen LogP contribution in [0.15, 0.2) is 0 Å². The van der Waals surface area contributed by atoms with Gasteiger partial charge in [-0.2, -0.15) is 0 Å². The van der Waals surface area contributed by atoms with Crippen LogP contribution in [0.1, 0.15) is 388 Å². The molecule has 93 heavy (non-hydrogen) atoms. The number of carbonyl (C=O) groups excluding carboxylic acids is 4. The molecule has 2 unspecified atom stereocenters. The maximum Gasteiger partial charge on any atom is 0.472 e. The van der Waals surface area contributed by atoms with E-state index >= 15 is 0 Å². The molecular formula is C74H144O17P2. The second-order valence-corrected chi connectivity index (χ2v) is 30.1. The first kappa shape index (κ1) is 91.1. The molecule has 0 aromatic carbocycles. The van der Waals surface area contributed by atoms with Gasteiger partial charge in [0.1, 0.15) is 19.3 Å². The Kier molecular flexibility index (Phi) is 65.9. The number of carbonyl (C=O) groups is 4. The monoisotopic (exact) mass is 1370 g/mol. The molecule has 0 bridgehead atoms. The number of hydrogen-bond donors (Lipinski definition) is 3. The maximum atomic E-state index is 13.1. The number of ether oxygens (including phenoxy) is 4. The van der Waals surface area contributed by atoms with Gasteiger partial charge in [0.15, 0.2) is 12.2 Å². The Morgan fingerprint density at radius 2 is 0.495 bits per heavy atom. The molecular weight excluding hydrogens is 1220 g/mol. The van der Waals surface area contributed by atoms with Gasteiger partial charge in [-0.15, -0.1) is 0 Å². The lowest BCUT2D eigenvalue weighted by Gasteiger charge is -2.21. The first-order valence-corrected chi connectivity index (χ1v) is 41.6. The normalized spacial score (nSPS) is 14.0. The smallest absolute Gasteiger partial charge is 0.462 e. The molecule has 0 fully saturated rings. The minimum Gasteiger partial charge on any atom is -0.462 e. The van der Waals surface area contributed by atoms with E-state index in [-0.39, 0.29) is 25.7 Å². The van der Waals surface area contributed by atoms with Crippen molar-refractivity contribution in [2.45, 2.75) is 406 Å². The van der Waals surface area contributed by atoms with Crippen molar-refractivity contribution >= 4 is 39.5 Å². The molecule has 0 spiro atoms. The summed E-state index contributed by atoms with van der Waals surface area (Å²) in [5, 5.41) is 10.6. The number of phosphoric ester groups is 2. The van der Waals surface area contributed by atoms with Crippen LogP contribution in [0.3, 0.4) is 0 Å². The molecule has 0 saturated heterocycles. The Hall–Kier alpha value is -1.94. The van der Waals surface area contributed by atoms with Crippen LogP contribution in [-0.2, 0) is 65.4 Å². The van der Waals surface area contributed by atoms with Gasteiger partial charge in [0.05, 0.1) is 26.4 Å². The number of hydrogen-bond acceptors (Lipinski definition) is 15. The molecule has 19 heteroatoms. The summed E-state index contributed by atoms with van der Waals surface area (Å²) in [7, 11) is -9.90. The standard InChI is InChI=1S/C74H144O17P2/c1-6-9-12-15-17-19-21-23-25-27-28-29-31-33-35-40-44-49-54-59-74(79)91-70(64-85-72(77)58-53-48-43-39-34-32-30-26-24-22-20-18-16-13-10-7-2)66-89-93(82,83)87-62-68(75)61-86-92(80,81)88-65-69(63-84-71(76)57-52-46-14-11-8-3)90-73(78)60-55-50-45-41-37-36-38-42-47-51-56-67(4)5/h67-70,75H,6-66H2,1-5H3,(H,80,81)(H,82,83)/t68-,69+,70+/m0/s1. The SMILES string of the molecule is CCCCCCCCCCCCCCCCCCCCCC(=O)O[C@H](COC(=O)CCCCCCCCCCCCCCCCCC)COP(=O)(O)OC[C@@H](O)COP(=O)(O)OC[C@@H](COC(=O)CCCCCCC)OC(=O)CCCCCCCCCCCCC(C)C. The Bertz CT molecular complexity index is 1790. The number of aliphatic hydroxyl groups is 1. The molecule has 0 aromatic heterocycles. The predicted octanol–water partition coefficient (Wildman–Crippen LogP) is 21.7. The molecule has 0 amide bonds. The summed E-state index contributed by atoms with van der Waals surface area (Å²) in [5.74, 6) is -1.38. The van der Waals surface area contributed by atoms with Gasteiger partial charge in [0.2, 0.25) is 0 Å². The van der Waals surface area contributed by atoms with Crippen molar-refractivity contribution in [3.05, 3.63) is 0 Å². The minimum atomic E-state index is -4.95. The number of aliphatic hydroxyl groups excluding tert-OH is 1. The molecule has 0 aliphatic heterocycles. The van der Waals surface area contributed by atoms with Crippen LogP contribution in [0.4, 0.5) is 0 Å². The van der Waals surface area contributed by atoms with Crippen LogP contribution >= 0.6 is 15.6 Å². The van der Waals surface area contributed by atoms with Crippen LogP contribution in [0.2, 0.25) is 0 Å². The highest BCUT2D eigenvalue weighted by molar-refractivity contribution is 7.47. The number of phosphoric acid groups is 2. The van der Waals surface area contributed by atoms with Crippen LogP contribution in [0, 0.1) is 5.92 Å². The topological polar surface area (TPSA) is 237 Å². The second kappa shape index (κ2) is 67.3. The molecule has 0 radical (unpaired) electrons. The molecule has 0 aliphatic carbocycles. The maximum absolute atomic E-state index is 13.1. The third kappa shape index (κ3) is 68.4. The fourth-order valence-corrected chi connectivity index (χ4v) is 12.9. The third-order valence-corrected chi connectivity index (χ3v) is 19.2. The van der Waals surface area contributed by atoms with E-state index in [1.165, 1.54) is 205 Å². The van der Waals surface area contributed by atoms with Gasteiger partial charge in [-0.3, -0.25) is 37.3 Å². The molecule has 0 heterocycles. The van der Waals surface area contributed by atoms with Gasteiger partial charge < -0.3 is 33.8 Å². The quantitative estimate of drug-likeness (QED) is 0.0222. The van der Waals surface area contributed by atoms with Crippen molar-refractivity contribution in [1.29, 1.82) is 0 Å². The van der Waals surface area contributed by atoms with Crippen molar-refractivity contribution in [1.82, 2.24) is 0 Å². The van der Waals surface area contributed by atoms with Gasteiger partial charge in [0.25, 0.3) is 0 Å². The lowest BCUT2D eigenvalue weighted by atomic mass is 10.0. The zero-order valence-electron chi connectivity index (χ0n) is 60.4. The largest absolute Gasteiger partial charge is 0.472 e. The van der Waals surface area contributed by atoms with E-state index < -0.39 is 97.5 Å². The van der Waals surface area contributed by atoms with Crippen molar-refractivity contribution in [2.24, 2.45) is 5.92 Å². The summed E-state index contributed by atoms with van der Waals surface area (Å²) in [4.78, 5) is 72.4. The third-order valence-electron chi connectivity index (χ3n) is 17.3. The fourth-order valence-electron chi connectivity index (χ4n) is 11.4. The Morgan fingerprint density at radius 3 is 0.731 bits per heavy atom. The van der Waals surface area contributed by atoms with E-state index in [4.69, 9.17) is 37.0 Å². The first-order valence-electron chi connectivity index (χ1n) is 38.6. The van der Waals surface area contributed by atoms with E-state index in [1.807, 2.05) is 0 Å². The Labute approximate surface area is 568 Å². The van der Waals surface area contributed by atoms with Gasteiger partial charge in [0, 0.05) is 25.7 Å². The predicted molar refractivity (Wildman–Crippen MR) is 377 cm³/mol. The van der Waals surface area contributed by atoms with Crippen LogP contribution in [0.5, 0.6) is 0 Å². The summed E-state index contributed by atoms with van der Waals surface area (Å²) < 4.78 is 68.2. The van der Waals surface area contributed by atoms with E-state index in [0.717, 1.165) is 102 Å². The van der Waals surface area contributed by atoms with Gasteiger partial charge in [-0.25, -0.2) is 9.13 Å². The van der Waals surface area contributed by atoms with Crippen molar-refractivity contribution in [2.75, 3.05) is 39.6 Å². The van der Waals surface area contributed by atoms with Crippen molar-refractivity contribution < 1.29 is 80.2 Å². The van der Waals surface area contributed by atoms with Crippen LogP contribution < -0.4 is 0 Å². The molecule has 5 atom stereocenters. The summed E-state index contributed by atoms with van der Waals surface area (Å²) >= 11 is 0. The molecule has 0 aliphatic rings. The molecule has 0 rings (SSSR count). The van der Waals surface area contributed by atoms with E-state index in [1.54, 1.807) is 0 Å². The molecule has 3 N–H and O–H groups in total. The molecule has 0 aromatic rings. The van der Waals surface area contributed by atoms with Crippen LogP contribution in [-0.4, -0.2) is 96.7 Å². The Balaban J connectivity index is 5.14. The number of rotatable bonds is 74. The van der Waals surface area contributed by atoms with Gasteiger partial charge >= 0.3 is 39.5 Å². The lowest BCUT2D eigenvalue weighted by Crippen LogP contribution is -2.30. The summed E-state index contributed by atoms with van der Waals surface area (Å²) in [6.45, 7) is 7.18. The minimum absolute atomic E-state index is 0.105. The highest BCUT2D eigenvalue weighted by Crippen LogP contribution is 2.45. The molecule has 17 nitrogen and oxygen atoms in total. The highest BCUT2D eigenvalue weighted by atomic mass is 31.2. The van der Waals surface area contributed by atoms with Crippen molar-refractivity contribution in [3.8, 4) is 0 Å². The van der Waals surface area contributed by atoms with Crippen molar-refractivity contribution in [3.63, 3.8) is 0 Å². The van der Waals surface area contributed by atoms with E-state index in [9.17, 15) is 43.2 Å². The zero-order chi connectivity index (χ0) is 68.4. The first-order chi connectivity index (χ1) is 45.0. The fraction of sp³-hybridized carbons (Fsp3) is 0.946. The van der Waals surface area contributed by atoms with Gasteiger partial charge in [-0.1, -0.05) is 336 Å². The van der Waals surface area contributed by atoms with Crippen LogP contribution in [0.25, 0.3) is 0 Å². The highest BCUT2D eigenvalue weighted by Gasteiger charge is 2.30. The Morgan fingerprint density at radius 1 is 0.290 bits per heavy atom. The average molecular weight is 1370 g/mol. The summed E-state index contributed by atoms with van der Waals surface area (Å²) in [5.41, 5.74) is 0. The number of esters is 4. The molecule has 0 saturated carbocycles. The van der Waals surface area contributed by atoms with Gasteiger partial charge in [-0.05, 0) is 31.6 Å². The second-order valence-electron chi connectivity index (χ2n) is 27.2. The number of unbranched alkanes of at least 4 members (excludes halogenated alkanes) is 46. The summed E-state index contributed by atoms with van der Waals surface area (Å²) in [6, 6.07) is 0.